The highest BCUT2D eigenvalue weighted by molar-refractivity contribution is 7.14. The molecule has 24 heavy (non-hydrogen) atoms. The van der Waals surface area contributed by atoms with Gasteiger partial charge in [-0.05, 0) is 42.8 Å². The van der Waals surface area contributed by atoms with E-state index in [4.69, 9.17) is 4.74 Å². The molecular formula is C18H17N3O2S. The van der Waals surface area contributed by atoms with Crippen LogP contribution in [-0.4, -0.2) is 22.5 Å². The summed E-state index contributed by atoms with van der Waals surface area (Å²) in [5, 5.41) is 5.23. The van der Waals surface area contributed by atoms with Crippen LogP contribution < -0.4 is 10.1 Å². The first-order valence-corrected chi connectivity index (χ1v) is 8.55. The number of ether oxygens (including phenoxy) is 1. The van der Waals surface area contributed by atoms with E-state index in [2.05, 4.69) is 22.2 Å². The van der Waals surface area contributed by atoms with Crippen LogP contribution in [0.2, 0.25) is 0 Å². The molecule has 2 heterocycles. The van der Waals surface area contributed by atoms with Crippen LogP contribution in [0.5, 0.6) is 5.75 Å². The summed E-state index contributed by atoms with van der Waals surface area (Å²) < 4.78 is 5.57. The quantitative estimate of drug-likeness (QED) is 0.729. The second kappa shape index (κ2) is 7.70. The molecule has 0 aliphatic heterocycles. The zero-order valence-corrected chi connectivity index (χ0v) is 14.0. The van der Waals surface area contributed by atoms with Crippen LogP contribution in [-0.2, 0) is 0 Å². The predicted octanol–water partition coefficient (Wildman–Crippen LogP) is 4.25. The van der Waals surface area contributed by atoms with Crippen molar-refractivity contribution in [1.29, 1.82) is 0 Å². The lowest BCUT2D eigenvalue weighted by molar-refractivity contribution is 0.102. The minimum absolute atomic E-state index is 0.264. The summed E-state index contributed by atoms with van der Waals surface area (Å²) in [5.74, 6) is 0.583. The maximum Gasteiger partial charge on any atom is 0.276 e. The summed E-state index contributed by atoms with van der Waals surface area (Å²) >= 11 is 1.38. The Morgan fingerprint density at radius 1 is 1.21 bits per heavy atom. The summed E-state index contributed by atoms with van der Waals surface area (Å²) in [7, 11) is 0. The number of rotatable bonds is 6. The van der Waals surface area contributed by atoms with Gasteiger partial charge in [-0.15, -0.1) is 11.3 Å². The molecule has 0 aliphatic rings. The van der Waals surface area contributed by atoms with E-state index in [1.54, 1.807) is 24.4 Å². The fourth-order valence-corrected chi connectivity index (χ4v) is 2.78. The first kappa shape index (κ1) is 16.1. The lowest BCUT2D eigenvalue weighted by atomic mass is 10.2. The highest BCUT2D eigenvalue weighted by Crippen LogP contribution is 2.26. The third kappa shape index (κ3) is 3.97. The molecule has 3 rings (SSSR count). The van der Waals surface area contributed by atoms with Crippen LogP contribution in [0.4, 0.5) is 5.13 Å². The number of thiazole rings is 1. The van der Waals surface area contributed by atoms with Crippen LogP contribution in [0.1, 0.15) is 23.8 Å². The molecule has 0 atom stereocenters. The molecule has 2 aromatic heterocycles. The van der Waals surface area contributed by atoms with Gasteiger partial charge >= 0.3 is 0 Å². The molecule has 1 amide bonds. The van der Waals surface area contributed by atoms with Gasteiger partial charge in [-0.1, -0.05) is 13.0 Å². The first-order valence-electron chi connectivity index (χ1n) is 7.67. The Kier molecular flexibility index (Phi) is 5.18. The molecule has 5 nitrogen and oxygen atoms in total. The molecule has 6 heteroatoms. The fourth-order valence-electron chi connectivity index (χ4n) is 2.06. The molecule has 3 aromatic rings. The second-order valence-electron chi connectivity index (χ2n) is 5.08. The highest BCUT2D eigenvalue weighted by Gasteiger charge is 2.10. The molecule has 0 fully saturated rings. The van der Waals surface area contributed by atoms with E-state index in [9.17, 15) is 4.79 Å². The Labute approximate surface area is 144 Å². The number of anilines is 1. The number of nitrogens with one attached hydrogen (secondary N) is 1. The minimum Gasteiger partial charge on any atom is -0.494 e. The van der Waals surface area contributed by atoms with E-state index < -0.39 is 0 Å². The maximum atomic E-state index is 12.1. The number of carbonyl (C=O) groups is 1. The van der Waals surface area contributed by atoms with E-state index in [-0.39, 0.29) is 5.91 Å². The van der Waals surface area contributed by atoms with Gasteiger partial charge in [0.1, 0.15) is 11.4 Å². The van der Waals surface area contributed by atoms with Crippen LogP contribution in [0, 0.1) is 0 Å². The number of hydrogen-bond donors (Lipinski definition) is 1. The first-order chi connectivity index (χ1) is 11.8. The van der Waals surface area contributed by atoms with Crippen molar-refractivity contribution in [2.24, 2.45) is 0 Å². The number of pyridine rings is 1. The van der Waals surface area contributed by atoms with Gasteiger partial charge in [-0.25, -0.2) is 4.98 Å². The van der Waals surface area contributed by atoms with Gasteiger partial charge in [0.05, 0.1) is 12.3 Å². The Hall–Kier alpha value is -2.73. The number of hydrogen-bond acceptors (Lipinski definition) is 5. The average molecular weight is 339 g/mol. The topological polar surface area (TPSA) is 64.1 Å². The fraction of sp³-hybridized carbons (Fsp3) is 0.167. The van der Waals surface area contributed by atoms with Crippen molar-refractivity contribution < 1.29 is 9.53 Å². The van der Waals surface area contributed by atoms with Gasteiger partial charge in [0.2, 0.25) is 0 Å². The van der Waals surface area contributed by atoms with E-state index in [0.717, 1.165) is 23.4 Å². The van der Waals surface area contributed by atoms with E-state index in [1.807, 2.05) is 29.6 Å². The highest BCUT2D eigenvalue weighted by atomic mass is 32.1. The molecule has 0 unspecified atom stereocenters. The molecule has 122 valence electrons. The molecule has 0 bridgehead atoms. The van der Waals surface area contributed by atoms with Crippen molar-refractivity contribution in [3.05, 3.63) is 59.7 Å². The lowest BCUT2D eigenvalue weighted by Gasteiger charge is -2.04. The summed E-state index contributed by atoms with van der Waals surface area (Å²) in [6.07, 6.45) is 2.57. The van der Waals surface area contributed by atoms with Crippen LogP contribution in [0.25, 0.3) is 11.3 Å². The molecule has 0 saturated carbocycles. The van der Waals surface area contributed by atoms with E-state index in [1.165, 1.54) is 11.3 Å². The Morgan fingerprint density at radius 3 is 2.75 bits per heavy atom. The molecule has 1 aromatic carbocycles. The summed E-state index contributed by atoms with van der Waals surface area (Å²) in [6.45, 7) is 2.78. The third-order valence-corrected chi connectivity index (χ3v) is 4.00. The number of aromatic nitrogens is 2. The molecule has 0 aliphatic carbocycles. The van der Waals surface area contributed by atoms with Crippen molar-refractivity contribution in [3.8, 4) is 17.0 Å². The van der Waals surface area contributed by atoms with Crippen LogP contribution >= 0.6 is 11.3 Å². The summed E-state index contributed by atoms with van der Waals surface area (Å²) in [5.41, 5.74) is 2.17. The Balaban J connectivity index is 1.68. The Morgan fingerprint density at radius 2 is 2.04 bits per heavy atom. The summed E-state index contributed by atoms with van der Waals surface area (Å²) in [4.78, 5) is 20.6. The number of nitrogens with zero attached hydrogens (tertiary/aromatic N) is 2. The molecular weight excluding hydrogens is 322 g/mol. The van der Waals surface area contributed by atoms with Gasteiger partial charge < -0.3 is 4.74 Å². The molecule has 0 radical (unpaired) electrons. The Bertz CT molecular complexity index is 801. The third-order valence-electron chi connectivity index (χ3n) is 3.25. The zero-order valence-electron chi connectivity index (χ0n) is 13.2. The van der Waals surface area contributed by atoms with Crippen molar-refractivity contribution in [2.45, 2.75) is 13.3 Å². The predicted molar refractivity (Wildman–Crippen MR) is 95.5 cm³/mol. The standard InChI is InChI=1S/C18H17N3O2S/c1-2-11-23-14-8-6-13(7-9-14)16-12-24-18(20-16)21-17(22)15-5-3-4-10-19-15/h3-10,12H,2,11H2,1H3,(H,20,21,22). The summed E-state index contributed by atoms with van der Waals surface area (Å²) in [6, 6.07) is 13.0. The van der Waals surface area contributed by atoms with Crippen LogP contribution in [0.3, 0.4) is 0 Å². The molecule has 0 spiro atoms. The minimum atomic E-state index is -0.264. The van der Waals surface area contributed by atoms with E-state index >= 15 is 0 Å². The SMILES string of the molecule is CCCOc1ccc(-c2csc(NC(=O)c3ccccn3)n2)cc1. The normalized spacial score (nSPS) is 10.4. The lowest BCUT2D eigenvalue weighted by Crippen LogP contribution is -2.13. The average Bonchev–Trinajstić information content (AvgIpc) is 3.09. The second-order valence-corrected chi connectivity index (χ2v) is 5.94. The monoisotopic (exact) mass is 339 g/mol. The van der Waals surface area contributed by atoms with Crippen molar-refractivity contribution in [2.75, 3.05) is 11.9 Å². The van der Waals surface area contributed by atoms with E-state index in [0.29, 0.717) is 17.4 Å². The van der Waals surface area contributed by atoms with Crippen LogP contribution in [0.15, 0.2) is 54.0 Å². The smallest absolute Gasteiger partial charge is 0.276 e. The maximum absolute atomic E-state index is 12.1. The molecule has 1 N–H and O–H groups in total. The largest absolute Gasteiger partial charge is 0.494 e. The van der Waals surface area contributed by atoms with Gasteiger partial charge in [0.15, 0.2) is 5.13 Å². The zero-order chi connectivity index (χ0) is 16.8. The molecule has 0 saturated heterocycles. The number of amides is 1. The van der Waals surface area contributed by atoms with Gasteiger partial charge in [0.25, 0.3) is 5.91 Å². The number of carbonyl (C=O) groups excluding carboxylic acids is 1. The van der Waals surface area contributed by atoms with Gasteiger partial charge in [-0.2, -0.15) is 0 Å². The van der Waals surface area contributed by atoms with Gasteiger partial charge in [-0.3, -0.25) is 15.1 Å². The van der Waals surface area contributed by atoms with Gasteiger partial charge in [0, 0.05) is 17.1 Å². The number of benzene rings is 1. The van der Waals surface area contributed by atoms with Crippen molar-refractivity contribution in [1.82, 2.24) is 9.97 Å². The van der Waals surface area contributed by atoms with Crippen molar-refractivity contribution in [3.63, 3.8) is 0 Å². The van der Waals surface area contributed by atoms with Crippen molar-refractivity contribution >= 4 is 22.4 Å².